The van der Waals surface area contributed by atoms with Gasteiger partial charge >= 0.3 is 0 Å². The van der Waals surface area contributed by atoms with Crippen LogP contribution in [0.3, 0.4) is 0 Å². The molecule has 0 spiro atoms. The Labute approximate surface area is 141 Å². The summed E-state index contributed by atoms with van der Waals surface area (Å²) in [5.41, 5.74) is 2.03. The van der Waals surface area contributed by atoms with Gasteiger partial charge in [0.15, 0.2) is 0 Å². The molecule has 1 aliphatic rings. The van der Waals surface area contributed by atoms with E-state index in [4.69, 9.17) is 4.74 Å². The molecule has 4 nitrogen and oxygen atoms in total. The number of hydrogen-bond donors (Lipinski definition) is 0. The SMILES string of the molecule is CCOc1ccccc1C(=O)N1CCN(Cc2ccsc2)CC1. The molecule has 1 aliphatic heterocycles. The van der Waals surface area contributed by atoms with E-state index in [0.717, 1.165) is 32.7 Å². The minimum atomic E-state index is 0.0734. The van der Waals surface area contributed by atoms with E-state index in [0.29, 0.717) is 17.9 Å². The summed E-state index contributed by atoms with van der Waals surface area (Å²) in [5.74, 6) is 0.755. The molecule has 0 bridgehead atoms. The number of para-hydroxylation sites is 1. The minimum absolute atomic E-state index is 0.0734. The molecule has 1 aromatic heterocycles. The largest absolute Gasteiger partial charge is 0.493 e. The summed E-state index contributed by atoms with van der Waals surface area (Å²) in [4.78, 5) is 17.1. The number of piperazine rings is 1. The fourth-order valence-corrected chi connectivity index (χ4v) is 3.50. The fourth-order valence-electron chi connectivity index (χ4n) is 2.84. The van der Waals surface area contributed by atoms with Gasteiger partial charge < -0.3 is 9.64 Å². The van der Waals surface area contributed by atoms with Gasteiger partial charge in [-0.25, -0.2) is 0 Å². The maximum atomic E-state index is 12.7. The quantitative estimate of drug-likeness (QED) is 0.844. The number of thiophene rings is 1. The van der Waals surface area contributed by atoms with Gasteiger partial charge in [0.25, 0.3) is 5.91 Å². The minimum Gasteiger partial charge on any atom is -0.493 e. The number of nitrogens with zero attached hydrogens (tertiary/aromatic N) is 2. The first-order valence-corrected chi connectivity index (χ1v) is 8.96. The molecular formula is C18H22N2O2S. The molecule has 0 atom stereocenters. The standard InChI is InChI=1S/C18H22N2O2S/c1-2-22-17-6-4-3-5-16(17)18(21)20-10-8-19(9-11-20)13-15-7-12-23-14-15/h3-7,12,14H,2,8-11,13H2,1H3. The van der Waals surface area contributed by atoms with Gasteiger partial charge in [-0.05, 0) is 41.4 Å². The zero-order valence-electron chi connectivity index (χ0n) is 13.4. The van der Waals surface area contributed by atoms with E-state index < -0.39 is 0 Å². The lowest BCUT2D eigenvalue weighted by molar-refractivity contribution is 0.0625. The van der Waals surface area contributed by atoms with Crippen molar-refractivity contribution in [3.63, 3.8) is 0 Å². The molecule has 1 amide bonds. The number of hydrogen-bond acceptors (Lipinski definition) is 4. The van der Waals surface area contributed by atoms with Crippen molar-refractivity contribution in [2.75, 3.05) is 32.8 Å². The number of rotatable bonds is 5. The molecule has 0 radical (unpaired) electrons. The van der Waals surface area contributed by atoms with E-state index >= 15 is 0 Å². The van der Waals surface area contributed by atoms with E-state index in [-0.39, 0.29) is 5.91 Å². The molecule has 2 aromatic rings. The summed E-state index contributed by atoms with van der Waals surface area (Å²) in [6.07, 6.45) is 0. The van der Waals surface area contributed by atoms with E-state index in [1.54, 1.807) is 11.3 Å². The van der Waals surface area contributed by atoms with Crippen molar-refractivity contribution in [1.82, 2.24) is 9.80 Å². The molecule has 0 saturated carbocycles. The van der Waals surface area contributed by atoms with Crippen molar-refractivity contribution in [3.05, 3.63) is 52.2 Å². The predicted octanol–water partition coefficient (Wildman–Crippen LogP) is 3.10. The normalized spacial score (nSPS) is 15.6. The topological polar surface area (TPSA) is 32.8 Å². The van der Waals surface area contributed by atoms with Crippen molar-refractivity contribution in [2.45, 2.75) is 13.5 Å². The van der Waals surface area contributed by atoms with Gasteiger partial charge in [-0.1, -0.05) is 12.1 Å². The van der Waals surface area contributed by atoms with Gasteiger partial charge in [0.1, 0.15) is 5.75 Å². The second kappa shape index (κ2) is 7.62. The van der Waals surface area contributed by atoms with E-state index in [2.05, 4.69) is 21.7 Å². The Morgan fingerprint density at radius 3 is 2.65 bits per heavy atom. The highest BCUT2D eigenvalue weighted by atomic mass is 32.1. The van der Waals surface area contributed by atoms with Crippen LogP contribution in [0.15, 0.2) is 41.1 Å². The molecule has 0 N–H and O–H groups in total. The average molecular weight is 330 g/mol. The van der Waals surface area contributed by atoms with Gasteiger partial charge in [0, 0.05) is 32.7 Å². The van der Waals surface area contributed by atoms with Crippen LogP contribution in [0, 0.1) is 0 Å². The number of carbonyl (C=O) groups is 1. The van der Waals surface area contributed by atoms with Gasteiger partial charge in [-0.3, -0.25) is 9.69 Å². The summed E-state index contributed by atoms with van der Waals surface area (Å²) >= 11 is 1.73. The summed E-state index contributed by atoms with van der Waals surface area (Å²) in [5, 5.41) is 4.30. The molecule has 5 heteroatoms. The first kappa shape index (κ1) is 16.0. The van der Waals surface area contributed by atoms with Crippen LogP contribution in [0.1, 0.15) is 22.8 Å². The zero-order chi connectivity index (χ0) is 16.1. The van der Waals surface area contributed by atoms with Gasteiger partial charge in [0.2, 0.25) is 0 Å². The first-order chi connectivity index (χ1) is 11.3. The Morgan fingerprint density at radius 2 is 1.96 bits per heavy atom. The van der Waals surface area contributed by atoms with Gasteiger partial charge in [-0.15, -0.1) is 0 Å². The highest BCUT2D eigenvalue weighted by Gasteiger charge is 2.24. The molecule has 0 aliphatic carbocycles. The van der Waals surface area contributed by atoms with Crippen LogP contribution in [-0.4, -0.2) is 48.5 Å². The van der Waals surface area contributed by atoms with Crippen LogP contribution >= 0.6 is 11.3 Å². The zero-order valence-corrected chi connectivity index (χ0v) is 14.2. The van der Waals surface area contributed by atoms with Crippen LogP contribution in [0.4, 0.5) is 0 Å². The average Bonchev–Trinajstić information content (AvgIpc) is 3.09. The third kappa shape index (κ3) is 3.92. The molecule has 1 saturated heterocycles. The second-order valence-corrected chi connectivity index (χ2v) is 6.41. The Balaban J connectivity index is 1.60. The summed E-state index contributed by atoms with van der Waals surface area (Å²) in [6, 6.07) is 9.68. The number of ether oxygens (including phenoxy) is 1. The Bertz CT molecular complexity index is 634. The third-order valence-electron chi connectivity index (χ3n) is 4.06. The molecule has 1 fully saturated rings. The predicted molar refractivity (Wildman–Crippen MR) is 93.1 cm³/mol. The van der Waals surface area contributed by atoms with Crippen LogP contribution in [0.5, 0.6) is 5.75 Å². The van der Waals surface area contributed by atoms with Crippen LogP contribution in [0.25, 0.3) is 0 Å². The molecule has 122 valence electrons. The van der Waals surface area contributed by atoms with Crippen molar-refractivity contribution >= 4 is 17.2 Å². The van der Waals surface area contributed by atoms with Crippen molar-refractivity contribution in [1.29, 1.82) is 0 Å². The Hall–Kier alpha value is -1.85. The molecule has 1 aromatic carbocycles. The highest BCUT2D eigenvalue weighted by Crippen LogP contribution is 2.21. The van der Waals surface area contributed by atoms with Crippen molar-refractivity contribution in [2.24, 2.45) is 0 Å². The third-order valence-corrected chi connectivity index (χ3v) is 4.80. The Kier molecular flexibility index (Phi) is 5.31. The maximum Gasteiger partial charge on any atom is 0.257 e. The molecule has 23 heavy (non-hydrogen) atoms. The highest BCUT2D eigenvalue weighted by molar-refractivity contribution is 7.07. The van der Waals surface area contributed by atoms with Crippen molar-refractivity contribution < 1.29 is 9.53 Å². The van der Waals surface area contributed by atoms with E-state index in [1.165, 1.54) is 5.56 Å². The maximum absolute atomic E-state index is 12.7. The number of benzene rings is 1. The molecule has 2 heterocycles. The summed E-state index contributed by atoms with van der Waals surface area (Å²) < 4.78 is 5.58. The fraction of sp³-hybridized carbons (Fsp3) is 0.389. The smallest absolute Gasteiger partial charge is 0.257 e. The van der Waals surface area contributed by atoms with E-state index in [1.807, 2.05) is 36.1 Å². The van der Waals surface area contributed by atoms with Crippen LogP contribution in [-0.2, 0) is 6.54 Å². The summed E-state index contributed by atoms with van der Waals surface area (Å²) in [7, 11) is 0. The monoisotopic (exact) mass is 330 g/mol. The lowest BCUT2D eigenvalue weighted by Crippen LogP contribution is -2.48. The van der Waals surface area contributed by atoms with Gasteiger partial charge in [0.05, 0.1) is 12.2 Å². The number of amides is 1. The lowest BCUT2D eigenvalue weighted by Gasteiger charge is -2.34. The molecule has 3 rings (SSSR count). The lowest BCUT2D eigenvalue weighted by atomic mass is 10.1. The van der Waals surface area contributed by atoms with E-state index in [9.17, 15) is 4.79 Å². The van der Waals surface area contributed by atoms with Crippen LogP contribution < -0.4 is 4.74 Å². The number of carbonyl (C=O) groups excluding carboxylic acids is 1. The Morgan fingerprint density at radius 1 is 1.17 bits per heavy atom. The summed E-state index contributed by atoms with van der Waals surface area (Å²) in [6.45, 7) is 6.84. The second-order valence-electron chi connectivity index (χ2n) is 5.63. The van der Waals surface area contributed by atoms with Crippen LogP contribution in [0.2, 0.25) is 0 Å². The van der Waals surface area contributed by atoms with Gasteiger partial charge in [-0.2, -0.15) is 11.3 Å². The first-order valence-electron chi connectivity index (χ1n) is 8.02. The molecule has 0 unspecified atom stereocenters. The molecular weight excluding hydrogens is 308 g/mol. The van der Waals surface area contributed by atoms with Crippen molar-refractivity contribution in [3.8, 4) is 5.75 Å².